The monoisotopic (exact) mass is 236 g/mol. The normalized spacial score (nSPS) is 18.8. The number of nitrogens with zero attached hydrogens (tertiary/aromatic N) is 1. The predicted octanol–water partition coefficient (Wildman–Crippen LogP) is 0.765. The van der Waals surface area contributed by atoms with Gasteiger partial charge in [-0.25, -0.2) is 0 Å². The Bertz CT molecular complexity index is 434. The van der Waals surface area contributed by atoms with Crippen LogP contribution in [0, 0.1) is 0 Å². The minimum absolute atomic E-state index is 0.0522. The van der Waals surface area contributed by atoms with Crippen molar-refractivity contribution in [2.75, 3.05) is 23.8 Å². The predicted molar refractivity (Wildman–Crippen MR) is 65.0 cm³/mol. The van der Waals surface area contributed by atoms with Crippen LogP contribution in [0.2, 0.25) is 0 Å². The summed E-state index contributed by atoms with van der Waals surface area (Å²) in [4.78, 5) is 13.6. The molecule has 0 saturated heterocycles. The number of nitrogens with two attached hydrogens (primary N) is 1. The highest BCUT2D eigenvalue weighted by molar-refractivity contribution is 6.00. The molecule has 1 aromatic rings. The van der Waals surface area contributed by atoms with Crippen molar-refractivity contribution >= 4 is 17.3 Å². The molecule has 0 bridgehead atoms. The standard InChI is InChI=1S/C12H16N2O3/c1-8-12(16)14(5-2-6-15)10-7-9(13)3-4-11(10)17-8/h3-4,7-8,15H,2,5-6,13H2,1H3. The number of benzene rings is 1. The topological polar surface area (TPSA) is 75.8 Å². The Hall–Kier alpha value is -1.75. The van der Waals surface area contributed by atoms with E-state index >= 15 is 0 Å². The van der Waals surface area contributed by atoms with Crippen LogP contribution in [0.25, 0.3) is 0 Å². The number of amides is 1. The molecule has 5 heteroatoms. The average Bonchev–Trinajstić information content (AvgIpc) is 2.31. The lowest BCUT2D eigenvalue weighted by molar-refractivity contribution is -0.125. The first-order valence-electron chi connectivity index (χ1n) is 5.62. The van der Waals surface area contributed by atoms with Crippen molar-refractivity contribution in [1.29, 1.82) is 0 Å². The molecule has 1 atom stereocenters. The van der Waals surface area contributed by atoms with Crippen LogP contribution in [0.5, 0.6) is 5.75 Å². The molecular formula is C12H16N2O3. The Morgan fingerprint density at radius 1 is 1.53 bits per heavy atom. The quantitative estimate of drug-likeness (QED) is 0.760. The van der Waals surface area contributed by atoms with Crippen molar-refractivity contribution in [3.63, 3.8) is 0 Å². The Balaban J connectivity index is 2.36. The zero-order valence-electron chi connectivity index (χ0n) is 9.72. The van der Waals surface area contributed by atoms with E-state index in [0.717, 1.165) is 0 Å². The molecule has 1 aliphatic heterocycles. The van der Waals surface area contributed by atoms with Gasteiger partial charge in [0.05, 0.1) is 5.69 Å². The molecule has 2 rings (SSSR count). The minimum Gasteiger partial charge on any atom is -0.479 e. The van der Waals surface area contributed by atoms with E-state index in [9.17, 15) is 4.79 Å². The van der Waals surface area contributed by atoms with E-state index in [1.165, 1.54) is 0 Å². The highest BCUT2D eigenvalue weighted by atomic mass is 16.5. The maximum Gasteiger partial charge on any atom is 0.267 e. The highest BCUT2D eigenvalue weighted by Crippen LogP contribution is 2.35. The highest BCUT2D eigenvalue weighted by Gasteiger charge is 2.30. The summed E-state index contributed by atoms with van der Waals surface area (Å²) in [6, 6.07) is 5.22. The largest absolute Gasteiger partial charge is 0.479 e. The van der Waals surface area contributed by atoms with Crippen molar-refractivity contribution in [2.24, 2.45) is 0 Å². The molecular weight excluding hydrogens is 220 g/mol. The number of carbonyl (C=O) groups excluding carboxylic acids is 1. The summed E-state index contributed by atoms with van der Waals surface area (Å²) >= 11 is 0. The third-order valence-corrected chi connectivity index (χ3v) is 2.73. The maximum atomic E-state index is 12.0. The molecule has 0 aliphatic carbocycles. The van der Waals surface area contributed by atoms with Gasteiger partial charge in [0, 0.05) is 18.8 Å². The van der Waals surface area contributed by atoms with Crippen LogP contribution in [0.4, 0.5) is 11.4 Å². The number of aliphatic hydroxyl groups excluding tert-OH is 1. The van der Waals surface area contributed by atoms with E-state index in [1.807, 2.05) is 0 Å². The van der Waals surface area contributed by atoms with E-state index in [2.05, 4.69) is 0 Å². The minimum atomic E-state index is -0.496. The van der Waals surface area contributed by atoms with Crippen molar-refractivity contribution < 1.29 is 14.6 Å². The second-order valence-corrected chi connectivity index (χ2v) is 4.05. The van der Waals surface area contributed by atoms with Crippen LogP contribution in [-0.2, 0) is 4.79 Å². The van der Waals surface area contributed by atoms with E-state index in [0.29, 0.717) is 30.1 Å². The van der Waals surface area contributed by atoms with Crippen molar-refractivity contribution in [3.8, 4) is 5.75 Å². The second-order valence-electron chi connectivity index (χ2n) is 4.05. The van der Waals surface area contributed by atoms with Gasteiger partial charge in [0.1, 0.15) is 5.75 Å². The van der Waals surface area contributed by atoms with Gasteiger partial charge in [-0.1, -0.05) is 0 Å². The fraction of sp³-hybridized carbons (Fsp3) is 0.417. The summed E-state index contributed by atoms with van der Waals surface area (Å²) in [5.74, 6) is 0.556. The van der Waals surface area contributed by atoms with Gasteiger partial charge in [-0.15, -0.1) is 0 Å². The maximum absolute atomic E-state index is 12.0. The molecule has 1 unspecified atom stereocenters. The number of ether oxygens (including phenoxy) is 1. The lowest BCUT2D eigenvalue weighted by Gasteiger charge is -2.33. The van der Waals surface area contributed by atoms with Crippen LogP contribution in [0.1, 0.15) is 13.3 Å². The van der Waals surface area contributed by atoms with E-state index < -0.39 is 6.10 Å². The first-order chi connectivity index (χ1) is 8.13. The van der Waals surface area contributed by atoms with Gasteiger partial charge in [-0.05, 0) is 31.5 Å². The Morgan fingerprint density at radius 3 is 3.00 bits per heavy atom. The number of rotatable bonds is 3. The summed E-state index contributed by atoms with van der Waals surface area (Å²) in [6.45, 7) is 2.24. The fourth-order valence-electron chi connectivity index (χ4n) is 1.88. The zero-order valence-corrected chi connectivity index (χ0v) is 9.72. The fourth-order valence-corrected chi connectivity index (χ4v) is 1.88. The van der Waals surface area contributed by atoms with Crippen LogP contribution in [0.15, 0.2) is 18.2 Å². The van der Waals surface area contributed by atoms with Gasteiger partial charge < -0.3 is 20.5 Å². The third-order valence-electron chi connectivity index (χ3n) is 2.73. The second kappa shape index (κ2) is 4.63. The number of hydrogen-bond acceptors (Lipinski definition) is 4. The number of carbonyl (C=O) groups is 1. The molecule has 1 heterocycles. The summed E-state index contributed by atoms with van der Waals surface area (Å²) in [5.41, 5.74) is 6.98. The average molecular weight is 236 g/mol. The summed E-state index contributed by atoms with van der Waals surface area (Å²) in [7, 11) is 0. The Morgan fingerprint density at radius 2 is 2.29 bits per heavy atom. The molecule has 0 fully saturated rings. The lowest BCUT2D eigenvalue weighted by Crippen LogP contribution is -2.45. The van der Waals surface area contributed by atoms with Crippen molar-refractivity contribution in [1.82, 2.24) is 0 Å². The molecule has 5 nitrogen and oxygen atoms in total. The van der Waals surface area contributed by atoms with Crippen molar-refractivity contribution in [3.05, 3.63) is 18.2 Å². The van der Waals surface area contributed by atoms with Crippen LogP contribution in [0.3, 0.4) is 0 Å². The number of aliphatic hydroxyl groups is 1. The molecule has 0 aromatic heterocycles. The zero-order chi connectivity index (χ0) is 12.4. The van der Waals surface area contributed by atoms with Gasteiger partial charge in [0.15, 0.2) is 6.10 Å². The molecule has 0 saturated carbocycles. The van der Waals surface area contributed by atoms with E-state index in [-0.39, 0.29) is 12.5 Å². The third kappa shape index (κ3) is 2.19. The summed E-state index contributed by atoms with van der Waals surface area (Å²) < 4.78 is 5.50. The van der Waals surface area contributed by atoms with Gasteiger partial charge in [0.25, 0.3) is 5.91 Å². The number of anilines is 2. The van der Waals surface area contributed by atoms with Gasteiger partial charge in [0.2, 0.25) is 0 Å². The molecule has 17 heavy (non-hydrogen) atoms. The van der Waals surface area contributed by atoms with Crippen LogP contribution >= 0.6 is 0 Å². The summed E-state index contributed by atoms with van der Waals surface area (Å²) in [5, 5.41) is 8.86. The molecule has 1 aromatic carbocycles. The molecule has 1 aliphatic rings. The van der Waals surface area contributed by atoms with Gasteiger partial charge in [-0.2, -0.15) is 0 Å². The van der Waals surface area contributed by atoms with Crippen molar-refractivity contribution in [2.45, 2.75) is 19.4 Å². The van der Waals surface area contributed by atoms with Gasteiger partial charge in [-0.3, -0.25) is 4.79 Å². The lowest BCUT2D eigenvalue weighted by atomic mass is 10.1. The molecule has 1 amide bonds. The van der Waals surface area contributed by atoms with Crippen LogP contribution < -0.4 is 15.4 Å². The Kier molecular flexibility index (Phi) is 3.19. The first kappa shape index (κ1) is 11.7. The number of fused-ring (bicyclic) bond motifs is 1. The molecule has 0 spiro atoms. The smallest absolute Gasteiger partial charge is 0.267 e. The molecule has 3 N–H and O–H groups in total. The Labute approximate surface area is 99.8 Å². The van der Waals surface area contributed by atoms with Crippen LogP contribution in [-0.4, -0.2) is 30.3 Å². The van der Waals surface area contributed by atoms with Gasteiger partial charge >= 0.3 is 0 Å². The van der Waals surface area contributed by atoms with E-state index in [1.54, 1.807) is 30.0 Å². The summed E-state index contributed by atoms with van der Waals surface area (Å²) in [6.07, 6.45) is 0.0389. The number of nitrogen functional groups attached to an aromatic ring is 1. The first-order valence-corrected chi connectivity index (χ1v) is 5.62. The molecule has 0 radical (unpaired) electrons. The molecule has 92 valence electrons. The SMILES string of the molecule is CC1Oc2ccc(N)cc2N(CCCO)C1=O. The van der Waals surface area contributed by atoms with E-state index in [4.69, 9.17) is 15.6 Å². The number of hydrogen-bond donors (Lipinski definition) is 2.